The van der Waals surface area contributed by atoms with E-state index in [2.05, 4.69) is 16.0 Å². The molecule has 2 amide bonds. The number of likely N-dealkylation sites (tertiary alicyclic amines) is 1. The van der Waals surface area contributed by atoms with E-state index >= 15 is 0 Å². The molecule has 1 saturated carbocycles. The van der Waals surface area contributed by atoms with Gasteiger partial charge in [0.05, 0.1) is 17.5 Å². The van der Waals surface area contributed by atoms with Crippen molar-refractivity contribution in [3.8, 4) is 6.07 Å². The van der Waals surface area contributed by atoms with Crippen LogP contribution in [0.15, 0.2) is 42.6 Å². The largest absolute Gasteiger partial charge is 0.446 e. The number of anilines is 1. The highest BCUT2D eigenvalue weighted by molar-refractivity contribution is 6.30. The number of likely N-dealkylation sites (N-methyl/N-ethyl adjacent to an activating group) is 1. The molecule has 230 valence electrons. The highest BCUT2D eigenvalue weighted by atomic mass is 35.5. The molecule has 0 N–H and O–H groups in total. The van der Waals surface area contributed by atoms with E-state index in [9.17, 15) is 22.8 Å². The van der Waals surface area contributed by atoms with Gasteiger partial charge in [-0.15, -0.1) is 0 Å². The van der Waals surface area contributed by atoms with E-state index in [1.54, 1.807) is 31.4 Å². The van der Waals surface area contributed by atoms with Crippen molar-refractivity contribution in [1.82, 2.24) is 14.8 Å². The van der Waals surface area contributed by atoms with Gasteiger partial charge in [0.25, 0.3) is 0 Å². The number of nitrogens with zero attached hydrogens (tertiary/aromatic N) is 5. The van der Waals surface area contributed by atoms with Crippen LogP contribution in [0.2, 0.25) is 5.02 Å². The number of benzene rings is 1. The van der Waals surface area contributed by atoms with Gasteiger partial charge in [-0.05, 0) is 68.4 Å². The van der Waals surface area contributed by atoms with E-state index in [-0.39, 0.29) is 49.5 Å². The average molecular weight is 618 g/mol. The van der Waals surface area contributed by atoms with E-state index in [0.717, 1.165) is 11.4 Å². The molecule has 1 aromatic heterocycles. The van der Waals surface area contributed by atoms with Crippen LogP contribution >= 0.6 is 11.6 Å². The summed E-state index contributed by atoms with van der Waals surface area (Å²) < 4.78 is 44.9. The molecule has 43 heavy (non-hydrogen) atoms. The summed E-state index contributed by atoms with van der Waals surface area (Å²) in [4.78, 5) is 36.8. The second kappa shape index (κ2) is 13.0. The Bertz CT molecular complexity index is 1320. The van der Waals surface area contributed by atoms with Crippen molar-refractivity contribution >= 4 is 29.4 Å². The second-order valence-corrected chi connectivity index (χ2v) is 12.2. The first-order valence-electron chi connectivity index (χ1n) is 14.7. The molecule has 2 atom stereocenters. The number of ether oxygens (including phenoxy) is 1. The van der Waals surface area contributed by atoms with Crippen molar-refractivity contribution in [3.05, 3.63) is 58.7 Å². The third kappa shape index (κ3) is 7.18. The molecule has 1 aromatic carbocycles. The van der Waals surface area contributed by atoms with E-state index in [0.29, 0.717) is 49.6 Å². The number of halogens is 4. The van der Waals surface area contributed by atoms with Gasteiger partial charge < -0.3 is 19.4 Å². The average Bonchev–Trinajstić information content (AvgIpc) is 3.46. The fourth-order valence-corrected chi connectivity index (χ4v) is 6.64. The minimum atomic E-state index is -4.23. The number of nitriles is 1. The molecule has 2 saturated heterocycles. The number of hydrogen-bond donors (Lipinski definition) is 0. The molecule has 5 rings (SSSR count). The Balaban J connectivity index is 1.23. The van der Waals surface area contributed by atoms with E-state index in [1.807, 2.05) is 23.1 Å². The Labute approximate surface area is 254 Å². The maximum atomic E-state index is 13.7. The quantitative estimate of drug-likeness (QED) is 0.408. The molecule has 3 heterocycles. The van der Waals surface area contributed by atoms with Crippen LogP contribution in [0, 0.1) is 23.2 Å². The van der Waals surface area contributed by atoms with Crippen molar-refractivity contribution in [3.63, 3.8) is 0 Å². The molecule has 0 unspecified atom stereocenters. The van der Waals surface area contributed by atoms with Crippen LogP contribution in [0.25, 0.3) is 0 Å². The van der Waals surface area contributed by atoms with E-state index in [1.165, 1.54) is 4.90 Å². The first-order chi connectivity index (χ1) is 20.5. The van der Waals surface area contributed by atoms with Crippen LogP contribution in [-0.2, 0) is 9.53 Å². The van der Waals surface area contributed by atoms with Gasteiger partial charge in [0, 0.05) is 56.3 Å². The van der Waals surface area contributed by atoms with Crippen LogP contribution in [0.5, 0.6) is 0 Å². The van der Waals surface area contributed by atoms with Gasteiger partial charge in [0.15, 0.2) is 0 Å². The van der Waals surface area contributed by atoms with Crippen LogP contribution < -0.4 is 4.90 Å². The summed E-state index contributed by atoms with van der Waals surface area (Å²) >= 11 is 6.12. The first-order valence-corrected chi connectivity index (χ1v) is 15.1. The van der Waals surface area contributed by atoms with E-state index in [4.69, 9.17) is 21.6 Å². The normalized spacial score (nSPS) is 24.8. The lowest BCUT2D eigenvalue weighted by molar-refractivity contribution is -0.186. The molecular formula is C31H35ClF3N5O3. The number of carbonyl (C=O) groups is 2. The summed E-state index contributed by atoms with van der Waals surface area (Å²) in [6, 6.07) is 12.6. The molecule has 2 aromatic rings. The van der Waals surface area contributed by atoms with Crippen LogP contribution in [0.4, 0.5) is 23.8 Å². The molecule has 0 bridgehead atoms. The highest BCUT2D eigenvalue weighted by Crippen LogP contribution is 2.39. The topological polar surface area (TPSA) is 89.8 Å². The van der Waals surface area contributed by atoms with Crippen molar-refractivity contribution in [1.29, 1.82) is 5.26 Å². The number of rotatable bonds is 5. The Hall–Kier alpha value is -3.52. The molecule has 8 nitrogen and oxygen atoms in total. The highest BCUT2D eigenvalue weighted by Gasteiger charge is 2.44. The van der Waals surface area contributed by atoms with Gasteiger partial charge in [-0.3, -0.25) is 4.79 Å². The predicted molar refractivity (Wildman–Crippen MR) is 154 cm³/mol. The van der Waals surface area contributed by atoms with Crippen LogP contribution in [-0.4, -0.2) is 78.3 Å². The van der Waals surface area contributed by atoms with Crippen molar-refractivity contribution in [2.24, 2.45) is 11.8 Å². The molecule has 0 radical (unpaired) electrons. The Morgan fingerprint density at radius 1 is 1.02 bits per heavy atom. The molecule has 12 heteroatoms. The second-order valence-electron chi connectivity index (χ2n) is 11.8. The van der Waals surface area contributed by atoms with Gasteiger partial charge in [0.1, 0.15) is 18.0 Å². The zero-order valence-electron chi connectivity index (χ0n) is 24.0. The van der Waals surface area contributed by atoms with Gasteiger partial charge in [-0.2, -0.15) is 18.4 Å². The molecule has 3 fully saturated rings. The fraction of sp³-hybridized carbons (Fsp3) is 0.548. The molecule has 2 aliphatic heterocycles. The third-order valence-electron chi connectivity index (χ3n) is 9.13. The van der Waals surface area contributed by atoms with Gasteiger partial charge in [-0.1, -0.05) is 23.7 Å². The third-order valence-corrected chi connectivity index (χ3v) is 9.39. The number of alkyl halides is 3. The van der Waals surface area contributed by atoms with Crippen LogP contribution in [0.1, 0.15) is 55.6 Å². The van der Waals surface area contributed by atoms with E-state index < -0.39 is 24.3 Å². The molecular weight excluding hydrogens is 583 g/mol. The van der Waals surface area contributed by atoms with Crippen molar-refractivity contribution in [2.75, 3.05) is 38.1 Å². The smallest absolute Gasteiger partial charge is 0.410 e. The minimum Gasteiger partial charge on any atom is -0.446 e. The number of aromatic nitrogens is 1. The SMILES string of the molecule is CN(C(=O)O[C@H]1CC[C@H](C(F)(F)F)CC1)[C@@H]1CN(C(=O)C2CCN(c3ccc(C#N)cn3)CC2)C[C@H]1c1ccc(Cl)cc1. The lowest BCUT2D eigenvalue weighted by Crippen LogP contribution is -2.45. The molecule has 3 aliphatic rings. The summed E-state index contributed by atoms with van der Waals surface area (Å²) in [6.07, 6.45) is -2.26. The Kier molecular flexibility index (Phi) is 9.35. The standard InChI is InChI=1S/C31H35ClF3N5O3/c1-38(30(42)43-25-9-5-23(6-10-25)31(33,34)35)27-19-40(18-26(27)21-3-7-24(32)8-4-21)29(41)22-12-14-39(15-13-22)28-11-2-20(16-36)17-37-28/h2-4,7-8,11,17,22-23,25-27H,5-6,9-10,12-15,18-19H2,1H3/t23-,25-,26-,27+/m0/s1. The maximum absolute atomic E-state index is 13.7. The summed E-state index contributed by atoms with van der Waals surface area (Å²) in [5.74, 6) is -0.874. The van der Waals surface area contributed by atoms with Crippen LogP contribution in [0.3, 0.4) is 0 Å². The zero-order chi connectivity index (χ0) is 30.7. The lowest BCUT2D eigenvalue weighted by Gasteiger charge is -2.34. The number of carbonyl (C=O) groups excluding carboxylic acids is 2. The number of hydrogen-bond acceptors (Lipinski definition) is 6. The van der Waals surface area contributed by atoms with Crippen molar-refractivity contribution < 1.29 is 27.5 Å². The first kappa shape index (κ1) is 30.9. The minimum absolute atomic E-state index is 0.0427. The van der Waals surface area contributed by atoms with Gasteiger partial charge in [0.2, 0.25) is 5.91 Å². The number of pyridine rings is 1. The fourth-order valence-electron chi connectivity index (χ4n) is 6.52. The van der Waals surface area contributed by atoms with Gasteiger partial charge >= 0.3 is 12.3 Å². The number of amides is 2. The predicted octanol–water partition coefficient (Wildman–Crippen LogP) is 6.01. The Morgan fingerprint density at radius 3 is 2.28 bits per heavy atom. The molecule has 0 spiro atoms. The lowest BCUT2D eigenvalue weighted by atomic mass is 9.87. The Morgan fingerprint density at radius 2 is 1.70 bits per heavy atom. The summed E-state index contributed by atoms with van der Waals surface area (Å²) in [7, 11) is 1.63. The summed E-state index contributed by atoms with van der Waals surface area (Å²) in [5, 5.41) is 9.60. The van der Waals surface area contributed by atoms with Crippen molar-refractivity contribution in [2.45, 2.75) is 62.8 Å². The summed E-state index contributed by atoms with van der Waals surface area (Å²) in [6.45, 7) is 2.08. The summed E-state index contributed by atoms with van der Waals surface area (Å²) in [5.41, 5.74) is 1.44. The molecule has 1 aliphatic carbocycles. The zero-order valence-corrected chi connectivity index (χ0v) is 24.7. The number of piperidine rings is 1. The monoisotopic (exact) mass is 617 g/mol. The maximum Gasteiger partial charge on any atom is 0.410 e. The van der Waals surface area contributed by atoms with Gasteiger partial charge in [-0.25, -0.2) is 9.78 Å².